The van der Waals surface area contributed by atoms with E-state index in [4.69, 9.17) is 10.5 Å². The van der Waals surface area contributed by atoms with Crippen LogP contribution in [0.4, 0.5) is 25.4 Å². The molecule has 5 amide bonds. The highest BCUT2D eigenvalue weighted by atomic mass is 32.1. The number of urea groups is 1. The van der Waals surface area contributed by atoms with E-state index in [1.54, 1.807) is 40.7 Å². The average molecular weight is 860 g/mol. The Morgan fingerprint density at radius 1 is 1.03 bits per heavy atom. The number of halogens is 1. The molecule has 3 heterocycles. The molecule has 1 aliphatic heterocycles. The third-order valence-electron chi connectivity index (χ3n) is 11.6. The van der Waals surface area contributed by atoms with Crippen LogP contribution in [0.15, 0.2) is 64.2 Å². The van der Waals surface area contributed by atoms with Gasteiger partial charge in [-0.05, 0) is 91.7 Å². The Bertz CT molecular complexity index is 2340. The maximum Gasteiger partial charge on any atom is 0.410 e. The number of carboxylic acids is 1. The predicted octanol–water partition coefficient (Wildman–Crippen LogP) is 5.39. The van der Waals surface area contributed by atoms with Crippen LogP contribution in [0, 0.1) is 17.2 Å². The second-order valence-corrected chi connectivity index (χ2v) is 16.2. The number of aryl methyl sites for hydroxylation is 1. The summed E-state index contributed by atoms with van der Waals surface area (Å²) in [6.45, 7) is 5.22. The summed E-state index contributed by atoms with van der Waals surface area (Å²) >= 11 is 1.52. The van der Waals surface area contributed by atoms with E-state index in [0.717, 1.165) is 18.1 Å². The molecule has 0 radical (unpaired) electrons. The number of primary amides is 1. The SMILES string of the molecule is CCn1cc(C(=O)O)c(=O)c2cc(F)c(N3CCN(C(=O)OCc4ccc(NC(=O)[C@H](CCCNC(N)=O)CC(=O)C5(C(=O)N[C@@H](C)c6ccsc6)CCC5)cc4)CC3)cc21. The number of aromatic nitrogens is 1. The number of thiophene rings is 1. The number of aromatic carboxylic acids is 1. The van der Waals surface area contributed by atoms with Crippen LogP contribution in [0.3, 0.4) is 0 Å². The molecule has 324 valence electrons. The first-order chi connectivity index (χ1) is 29.2. The summed E-state index contributed by atoms with van der Waals surface area (Å²) in [4.78, 5) is 92.8. The molecule has 1 saturated carbocycles. The van der Waals surface area contributed by atoms with E-state index in [-0.39, 0.29) is 81.0 Å². The van der Waals surface area contributed by atoms with E-state index in [2.05, 4.69) is 16.0 Å². The minimum Gasteiger partial charge on any atom is -0.477 e. The summed E-state index contributed by atoms with van der Waals surface area (Å²) in [6, 6.07) is 10.2. The Morgan fingerprint density at radius 2 is 1.75 bits per heavy atom. The maximum atomic E-state index is 15.3. The highest BCUT2D eigenvalue weighted by Gasteiger charge is 2.51. The second-order valence-electron chi connectivity index (χ2n) is 15.4. The van der Waals surface area contributed by atoms with Crippen molar-refractivity contribution in [2.75, 3.05) is 42.9 Å². The summed E-state index contributed by atoms with van der Waals surface area (Å²) in [7, 11) is 0. The van der Waals surface area contributed by atoms with E-state index < -0.39 is 52.1 Å². The molecule has 2 atom stereocenters. The lowest BCUT2D eigenvalue weighted by Gasteiger charge is -2.40. The molecule has 6 rings (SSSR count). The Balaban J connectivity index is 1.02. The van der Waals surface area contributed by atoms with Crippen molar-refractivity contribution in [2.45, 2.75) is 71.6 Å². The number of ether oxygens (including phenoxy) is 1. The molecule has 2 aliphatic rings. The summed E-state index contributed by atoms with van der Waals surface area (Å²) in [5, 5.41) is 21.6. The summed E-state index contributed by atoms with van der Waals surface area (Å²) < 4.78 is 22.5. The Kier molecular flexibility index (Phi) is 14.1. The van der Waals surface area contributed by atoms with Crippen molar-refractivity contribution in [2.24, 2.45) is 17.1 Å². The van der Waals surface area contributed by atoms with Gasteiger partial charge in [0.2, 0.25) is 17.2 Å². The summed E-state index contributed by atoms with van der Waals surface area (Å²) in [6.07, 6.45) is 2.71. The zero-order valence-corrected chi connectivity index (χ0v) is 34.9. The fraction of sp³-hybridized carbons (Fsp3) is 0.419. The number of nitrogens with two attached hydrogens (primary N) is 1. The molecule has 2 aromatic heterocycles. The number of hydrogen-bond acceptors (Lipinski definition) is 10. The van der Waals surface area contributed by atoms with Crippen molar-refractivity contribution >= 4 is 69.3 Å². The number of piperazine rings is 1. The molecule has 16 nitrogen and oxygen atoms in total. The number of carbonyl (C=O) groups excluding carboxylic acids is 5. The lowest BCUT2D eigenvalue weighted by molar-refractivity contribution is -0.150. The van der Waals surface area contributed by atoms with E-state index >= 15 is 4.39 Å². The van der Waals surface area contributed by atoms with Gasteiger partial charge in [-0.3, -0.25) is 19.2 Å². The first kappa shape index (κ1) is 44.3. The molecule has 18 heteroatoms. The number of anilines is 2. The zero-order chi connectivity index (χ0) is 43.8. The van der Waals surface area contributed by atoms with Crippen LogP contribution < -0.4 is 32.0 Å². The largest absolute Gasteiger partial charge is 0.477 e. The minimum absolute atomic E-state index is 0.0251. The van der Waals surface area contributed by atoms with Gasteiger partial charge in [-0.15, -0.1) is 0 Å². The molecular formula is C43H50FN7O9S. The standard InChI is InChI=1S/C43H50FN7O9S/c1-3-49-23-32(39(55)56)37(53)31-21-33(44)35(22-34(31)49)50-15-17-51(18-16-50)42(59)60-24-27-7-9-30(10-8-27)48-38(54)28(6-4-14-46-41(45)58)20-36(52)43(12-5-13-43)40(57)47-26(2)29-11-19-61-25-29/h7-11,19,21-23,25-26,28H,3-6,12-18,20,24H2,1-2H3,(H,47,57)(H,48,54)(H,55,56)(H3,45,46,58)/t26-,28+/m0/s1. The van der Waals surface area contributed by atoms with Crippen LogP contribution in [-0.2, 0) is 32.3 Å². The molecular weight excluding hydrogens is 810 g/mol. The number of carbonyl (C=O) groups is 6. The first-order valence-corrected chi connectivity index (χ1v) is 21.2. The molecule has 1 aliphatic carbocycles. The van der Waals surface area contributed by atoms with E-state index in [1.807, 2.05) is 23.8 Å². The Labute approximate surface area is 355 Å². The minimum atomic E-state index is -1.39. The maximum absolute atomic E-state index is 15.3. The van der Waals surface area contributed by atoms with Crippen LogP contribution >= 0.6 is 11.3 Å². The van der Waals surface area contributed by atoms with Gasteiger partial charge < -0.3 is 45.9 Å². The van der Waals surface area contributed by atoms with Gasteiger partial charge in [-0.1, -0.05) is 18.6 Å². The number of amides is 5. The Morgan fingerprint density at radius 3 is 2.36 bits per heavy atom. The number of fused-ring (bicyclic) bond motifs is 1. The first-order valence-electron chi connectivity index (χ1n) is 20.3. The van der Waals surface area contributed by atoms with Crippen LogP contribution in [-0.4, -0.2) is 83.0 Å². The fourth-order valence-electron chi connectivity index (χ4n) is 7.76. The van der Waals surface area contributed by atoms with Crippen LogP contribution in [0.2, 0.25) is 0 Å². The van der Waals surface area contributed by atoms with Gasteiger partial charge in [0.1, 0.15) is 29.2 Å². The predicted molar refractivity (Wildman–Crippen MR) is 227 cm³/mol. The number of nitrogens with one attached hydrogen (secondary N) is 3. The lowest BCUT2D eigenvalue weighted by Crippen LogP contribution is -2.52. The zero-order valence-electron chi connectivity index (χ0n) is 34.0. The topological polar surface area (TPSA) is 222 Å². The van der Waals surface area contributed by atoms with Crippen molar-refractivity contribution in [1.82, 2.24) is 20.1 Å². The van der Waals surface area contributed by atoms with Crippen molar-refractivity contribution < 1.29 is 43.0 Å². The van der Waals surface area contributed by atoms with Crippen LogP contribution in [0.1, 0.15) is 79.9 Å². The number of nitrogens with zero attached hydrogens (tertiary/aromatic N) is 3. The van der Waals surface area contributed by atoms with Crippen molar-refractivity contribution in [1.29, 1.82) is 0 Å². The molecule has 0 unspecified atom stereocenters. The van der Waals surface area contributed by atoms with E-state index in [1.165, 1.54) is 28.5 Å². The van der Waals surface area contributed by atoms with Gasteiger partial charge in [0.25, 0.3) is 0 Å². The smallest absolute Gasteiger partial charge is 0.410 e. The van der Waals surface area contributed by atoms with Gasteiger partial charge >= 0.3 is 18.1 Å². The highest BCUT2D eigenvalue weighted by molar-refractivity contribution is 7.08. The Hall–Kier alpha value is -6.30. The fourth-order valence-corrected chi connectivity index (χ4v) is 8.51. The number of rotatable bonds is 17. The lowest BCUT2D eigenvalue weighted by atomic mass is 9.63. The molecule has 1 saturated heterocycles. The third kappa shape index (κ3) is 10.2. The van der Waals surface area contributed by atoms with Gasteiger partial charge in [0.15, 0.2) is 0 Å². The molecule has 0 bridgehead atoms. The summed E-state index contributed by atoms with van der Waals surface area (Å²) in [5.41, 5.74) is 5.50. The number of Topliss-reactive ketones (excluding diaryl/α,β-unsaturated/α-hetero) is 1. The van der Waals surface area contributed by atoms with Crippen molar-refractivity contribution in [3.8, 4) is 0 Å². The quantitative estimate of drug-likeness (QED) is 0.0673. The molecule has 2 fully saturated rings. The molecule has 6 N–H and O–H groups in total. The number of ketones is 1. The second kappa shape index (κ2) is 19.4. The summed E-state index contributed by atoms with van der Waals surface area (Å²) in [5.74, 6) is -3.89. The number of hydrogen-bond donors (Lipinski definition) is 5. The van der Waals surface area contributed by atoms with Crippen molar-refractivity contribution in [3.05, 3.63) is 92.2 Å². The van der Waals surface area contributed by atoms with E-state index in [0.29, 0.717) is 42.6 Å². The van der Waals surface area contributed by atoms with Crippen LogP contribution in [0.25, 0.3) is 10.9 Å². The molecule has 61 heavy (non-hydrogen) atoms. The third-order valence-corrected chi connectivity index (χ3v) is 12.3. The van der Waals surface area contributed by atoms with Gasteiger partial charge in [0, 0.05) is 68.9 Å². The molecule has 4 aromatic rings. The monoisotopic (exact) mass is 859 g/mol. The number of pyridine rings is 1. The van der Waals surface area contributed by atoms with Crippen molar-refractivity contribution in [3.63, 3.8) is 0 Å². The van der Waals surface area contributed by atoms with Gasteiger partial charge in [0.05, 0.1) is 17.2 Å². The normalized spacial score (nSPS) is 15.6. The number of carboxylic acid groups (broad SMARTS) is 1. The molecule has 0 spiro atoms. The van der Waals surface area contributed by atoms with Crippen LogP contribution in [0.5, 0.6) is 0 Å². The average Bonchev–Trinajstić information content (AvgIpc) is 3.77. The van der Waals surface area contributed by atoms with Gasteiger partial charge in [-0.2, -0.15) is 11.3 Å². The number of benzene rings is 2. The highest BCUT2D eigenvalue weighted by Crippen LogP contribution is 2.44. The molecule has 2 aromatic carbocycles. The van der Waals surface area contributed by atoms with Gasteiger partial charge in [-0.25, -0.2) is 18.8 Å². The van der Waals surface area contributed by atoms with E-state index in [9.17, 15) is 38.7 Å².